The van der Waals surface area contributed by atoms with Gasteiger partial charge in [-0.3, -0.25) is 4.90 Å². The molecule has 1 aliphatic heterocycles. The van der Waals surface area contributed by atoms with E-state index in [4.69, 9.17) is 4.74 Å². The van der Waals surface area contributed by atoms with Gasteiger partial charge < -0.3 is 4.74 Å². The van der Waals surface area contributed by atoms with Gasteiger partial charge >= 0.3 is 0 Å². The summed E-state index contributed by atoms with van der Waals surface area (Å²) in [5, 5.41) is 0. The fourth-order valence-corrected chi connectivity index (χ4v) is 1.82. The SMILES string of the molecule is CCN1CCc2c(ncnc2OC)C1. The third-order valence-electron chi connectivity index (χ3n) is 2.69. The minimum absolute atomic E-state index is 0.741. The van der Waals surface area contributed by atoms with Crippen molar-refractivity contribution in [2.45, 2.75) is 19.9 Å². The molecule has 0 saturated carbocycles. The van der Waals surface area contributed by atoms with Crippen LogP contribution in [-0.2, 0) is 13.0 Å². The molecule has 0 radical (unpaired) electrons. The zero-order valence-corrected chi connectivity index (χ0v) is 8.66. The van der Waals surface area contributed by atoms with Crippen LogP contribution >= 0.6 is 0 Å². The van der Waals surface area contributed by atoms with Crippen LogP contribution in [-0.4, -0.2) is 35.1 Å². The molecular formula is C10H15N3O. The van der Waals surface area contributed by atoms with E-state index in [2.05, 4.69) is 21.8 Å². The number of methoxy groups -OCH3 is 1. The fraction of sp³-hybridized carbons (Fsp3) is 0.600. The number of aromatic nitrogens is 2. The van der Waals surface area contributed by atoms with Gasteiger partial charge in [-0.1, -0.05) is 6.92 Å². The van der Waals surface area contributed by atoms with Crippen molar-refractivity contribution in [3.05, 3.63) is 17.6 Å². The maximum absolute atomic E-state index is 5.21. The minimum Gasteiger partial charge on any atom is -0.481 e. The molecule has 0 atom stereocenters. The van der Waals surface area contributed by atoms with Crippen molar-refractivity contribution < 1.29 is 4.74 Å². The molecule has 1 aliphatic rings. The van der Waals surface area contributed by atoms with Crippen molar-refractivity contribution in [1.82, 2.24) is 14.9 Å². The molecule has 4 heteroatoms. The van der Waals surface area contributed by atoms with Gasteiger partial charge in [0.05, 0.1) is 12.8 Å². The van der Waals surface area contributed by atoms with Crippen LogP contribution < -0.4 is 4.74 Å². The average molecular weight is 193 g/mol. The van der Waals surface area contributed by atoms with Gasteiger partial charge in [0.1, 0.15) is 6.33 Å². The molecule has 0 N–H and O–H groups in total. The molecule has 1 aromatic heterocycles. The first kappa shape index (κ1) is 9.40. The second kappa shape index (κ2) is 3.92. The molecule has 0 spiro atoms. The predicted octanol–water partition coefficient (Wildman–Crippen LogP) is 0.863. The molecule has 0 amide bonds. The molecule has 0 aliphatic carbocycles. The molecule has 0 unspecified atom stereocenters. The fourth-order valence-electron chi connectivity index (χ4n) is 1.82. The summed E-state index contributed by atoms with van der Waals surface area (Å²) in [7, 11) is 1.66. The van der Waals surface area contributed by atoms with E-state index in [1.807, 2.05) is 0 Å². The molecule has 0 aromatic carbocycles. The molecule has 1 aromatic rings. The van der Waals surface area contributed by atoms with Crippen molar-refractivity contribution in [3.8, 4) is 5.88 Å². The molecular weight excluding hydrogens is 178 g/mol. The Labute approximate surface area is 83.9 Å². The highest BCUT2D eigenvalue weighted by Crippen LogP contribution is 2.23. The van der Waals surface area contributed by atoms with Gasteiger partial charge in [-0.15, -0.1) is 0 Å². The molecule has 0 saturated heterocycles. The minimum atomic E-state index is 0.741. The lowest BCUT2D eigenvalue weighted by Crippen LogP contribution is -2.31. The number of hydrogen-bond acceptors (Lipinski definition) is 4. The van der Waals surface area contributed by atoms with Crippen molar-refractivity contribution in [3.63, 3.8) is 0 Å². The van der Waals surface area contributed by atoms with Gasteiger partial charge in [0.2, 0.25) is 5.88 Å². The van der Waals surface area contributed by atoms with E-state index < -0.39 is 0 Å². The molecule has 0 fully saturated rings. The van der Waals surface area contributed by atoms with Crippen LogP contribution in [0.2, 0.25) is 0 Å². The van der Waals surface area contributed by atoms with E-state index in [0.717, 1.165) is 37.6 Å². The Morgan fingerprint density at radius 1 is 1.50 bits per heavy atom. The summed E-state index contributed by atoms with van der Waals surface area (Å²) < 4.78 is 5.21. The van der Waals surface area contributed by atoms with Crippen LogP contribution in [0.1, 0.15) is 18.2 Å². The Hall–Kier alpha value is -1.16. The quantitative estimate of drug-likeness (QED) is 0.698. The summed E-state index contributed by atoms with van der Waals surface area (Å²) >= 11 is 0. The number of likely N-dealkylation sites (N-methyl/N-ethyl adjacent to an activating group) is 1. The van der Waals surface area contributed by atoms with Gasteiger partial charge in [0.25, 0.3) is 0 Å². The van der Waals surface area contributed by atoms with Crippen LogP contribution in [0.4, 0.5) is 0 Å². The average Bonchev–Trinajstić information content (AvgIpc) is 2.27. The summed E-state index contributed by atoms with van der Waals surface area (Å²) in [5.41, 5.74) is 2.30. The van der Waals surface area contributed by atoms with Gasteiger partial charge in [-0.2, -0.15) is 0 Å². The summed E-state index contributed by atoms with van der Waals surface area (Å²) in [5.74, 6) is 0.741. The van der Waals surface area contributed by atoms with Crippen LogP contribution in [0.3, 0.4) is 0 Å². The molecule has 2 rings (SSSR count). The van der Waals surface area contributed by atoms with Crippen LogP contribution in [0.15, 0.2) is 6.33 Å². The predicted molar refractivity (Wildman–Crippen MR) is 53.2 cm³/mol. The van der Waals surface area contributed by atoms with Gasteiger partial charge in [-0.05, 0) is 13.0 Å². The zero-order chi connectivity index (χ0) is 9.97. The molecule has 4 nitrogen and oxygen atoms in total. The molecule has 2 heterocycles. The van der Waals surface area contributed by atoms with Crippen LogP contribution in [0.5, 0.6) is 5.88 Å². The van der Waals surface area contributed by atoms with Gasteiger partial charge in [0.15, 0.2) is 0 Å². The number of hydrogen-bond donors (Lipinski definition) is 0. The van der Waals surface area contributed by atoms with Crippen molar-refractivity contribution in [2.24, 2.45) is 0 Å². The zero-order valence-electron chi connectivity index (χ0n) is 8.66. The smallest absolute Gasteiger partial charge is 0.219 e. The van der Waals surface area contributed by atoms with E-state index in [1.165, 1.54) is 5.56 Å². The van der Waals surface area contributed by atoms with Crippen LogP contribution in [0.25, 0.3) is 0 Å². The Bertz CT molecular complexity index is 327. The first-order chi connectivity index (χ1) is 6.85. The highest BCUT2D eigenvalue weighted by atomic mass is 16.5. The summed E-state index contributed by atoms with van der Waals surface area (Å²) in [4.78, 5) is 10.8. The summed E-state index contributed by atoms with van der Waals surface area (Å²) in [6, 6.07) is 0. The van der Waals surface area contributed by atoms with Crippen molar-refractivity contribution in [1.29, 1.82) is 0 Å². The maximum atomic E-state index is 5.21. The Morgan fingerprint density at radius 2 is 2.36 bits per heavy atom. The van der Waals surface area contributed by atoms with Gasteiger partial charge in [-0.25, -0.2) is 9.97 Å². The molecule has 14 heavy (non-hydrogen) atoms. The topological polar surface area (TPSA) is 38.2 Å². The maximum Gasteiger partial charge on any atom is 0.219 e. The molecule has 76 valence electrons. The number of rotatable bonds is 2. The Kier molecular flexibility index (Phi) is 2.63. The number of fused-ring (bicyclic) bond motifs is 1. The van der Waals surface area contributed by atoms with Crippen molar-refractivity contribution in [2.75, 3.05) is 20.2 Å². The lowest BCUT2D eigenvalue weighted by atomic mass is 10.1. The number of ether oxygens (including phenoxy) is 1. The summed E-state index contributed by atoms with van der Waals surface area (Å²) in [6.45, 7) is 5.24. The highest BCUT2D eigenvalue weighted by Gasteiger charge is 2.19. The van der Waals surface area contributed by atoms with Gasteiger partial charge in [0, 0.05) is 18.7 Å². The van der Waals surface area contributed by atoms with E-state index in [9.17, 15) is 0 Å². The van der Waals surface area contributed by atoms with Crippen molar-refractivity contribution >= 4 is 0 Å². The highest BCUT2D eigenvalue weighted by molar-refractivity contribution is 5.31. The van der Waals surface area contributed by atoms with E-state index in [1.54, 1.807) is 13.4 Å². The van der Waals surface area contributed by atoms with E-state index in [-0.39, 0.29) is 0 Å². The largest absolute Gasteiger partial charge is 0.481 e. The monoisotopic (exact) mass is 193 g/mol. The normalized spacial score (nSPS) is 16.4. The summed E-state index contributed by atoms with van der Waals surface area (Å²) in [6.07, 6.45) is 2.57. The van der Waals surface area contributed by atoms with E-state index in [0.29, 0.717) is 0 Å². The Morgan fingerprint density at radius 3 is 3.07 bits per heavy atom. The third kappa shape index (κ3) is 1.57. The number of nitrogens with zero attached hydrogens (tertiary/aromatic N) is 3. The second-order valence-electron chi connectivity index (χ2n) is 3.43. The second-order valence-corrected chi connectivity index (χ2v) is 3.43. The lowest BCUT2D eigenvalue weighted by molar-refractivity contribution is 0.258. The standard InChI is InChI=1S/C10H15N3O/c1-3-13-5-4-8-9(6-13)11-7-12-10(8)14-2/h7H,3-6H2,1-2H3. The first-order valence-electron chi connectivity index (χ1n) is 4.94. The molecule has 0 bridgehead atoms. The third-order valence-corrected chi connectivity index (χ3v) is 2.69. The lowest BCUT2D eigenvalue weighted by Gasteiger charge is -2.26. The van der Waals surface area contributed by atoms with Crippen LogP contribution in [0, 0.1) is 0 Å². The Balaban J connectivity index is 2.30. The first-order valence-corrected chi connectivity index (χ1v) is 4.94. The van der Waals surface area contributed by atoms with E-state index >= 15 is 0 Å².